The number of nitrogens with zero attached hydrogens (tertiary/aromatic N) is 2. The lowest BCUT2D eigenvalue weighted by Gasteiger charge is -2.11. The zero-order chi connectivity index (χ0) is 14.7. The minimum Gasteiger partial charge on any atom is -0.313 e. The lowest BCUT2D eigenvalue weighted by atomic mass is 10.2. The van der Waals surface area contributed by atoms with Gasteiger partial charge in [0.2, 0.25) is 0 Å². The fourth-order valence-corrected chi connectivity index (χ4v) is 2.11. The maximum atomic E-state index is 11.9. The molecule has 0 unspecified atom stereocenters. The van der Waals surface area contributed by atoms with Gasteiger partial charge in [-0.3, -0.25) is 14.3 Å². The molecule has 2 N–H and O–H groups in total. The molecule has 108 valence electrons. The first kappa shape index (κ1) is 14.5. The third-order valence-electron chi connectivity index (χ3n) is 3.02. The molecule has 2 aromatic rings. The largest absolute Gasteiger partial charge is 0.330 e. The van der Waals surface area contributed by atoms with Gasteiger partial charge in [0.05, 0.1) is 5.39 Å². The van der Waals surface area contributed by atoms with Gasteiger partial charge in [0.15, 0.2) is 0 Å². The van der Waals surface area contributed by atoms with E-state index in [2.05, 4.69) is 15.3 Å². The third kappa shape index (κ3) is 2.96. The normalized spacial score (nSPS) is 11.4. The van der Waals surface area contributed by atoms with Crippen molar-refractivity contribution in [3.05, 3.63) is 38.7 Å². The molecule has 0 fully saturated rings. The number of nitrogens with one attached hydrogen (secondary N) is 2. The molecular weight excluding hydrogens is 256 g/mol. The summed E-state index contributed by atoms with van der Waals surface area (Å²) in [5.74, 6) is 0.296. The number of pyridine rings is 1. The van der Waals surface area contributed by atoms with E-state index in [0.29, 0.717) is 30.0 Å². The molecule has 0 radical (unpaired) electrons. The molecule has 0 aliphatic carbocycles. The van der Waals surface area contributed by atoms with E-state index in [1.165, 1.54) is 4.57 Å². The van der Waals surface area contributed by atoms with Crippen molar-refractivity contribution < 1.29 is 0 Å². The first-order valence-corrected chi connectivity index (χ1v) is 6.85. The van der Waals surface area contributed by atoms with Crippen molar-refractivity contribution in [1.82, 2.24) is 19.9 Å². The van der Waals surface area contributed by atoms with Crippen LogP contribution in [-0.4, -0.2) is 21.1 Å². The Labute approximate surface area is 116 Å². The average Bonchev–Trinajstić information content (AvgIpc) is 2.41. The highest BCUT2D eigenvalue weighted by Crippen LogP contribution is 2.09. The number of aromatic amines is 1. The number of H-pyrrole nitrogens is 1. The topological polar surface area (TPSA) is 79.8 Å². The number of aromatic nitrogens is 3. The van der Waals surface area contributed by atoms with Gasteiger partial charge in [-0.15, -0.1) is 0 Å². The van der Waals surface area contributed by atoms with Crippen LogP contribution in [-0.2, 0) is 13.1 Å². The maximum Gasteiger partial charge on any atom is 0.330 e. The molecule has 0 saturated heterocycles. The van der Waals surface area contributed by atoms with Gasteiger partial charge in [0.1, 0.15) is 5.65 Å². The fourth-order valence-electron chi connectivity index (χ4n) is 2.11. The van der Waals surface area contributed by atoms with Gasteiger partial charge in [-0.25, -0.2) is 9.78 Å². The molecule has 0 aromatic carbocycles. The maximum absolute atomic E-state index is 11.9. The molecule has 0 aliphatic heterocycles. The first-order valence-electron chi connectivity index (χ1n) is 6.85. The molecule has 6 heteroatoms. The van der Waals surface area contributed by atoms with E-state index in [0.717, 1.165) is 12.1 Å². The van der Waals surface area contributed by atoms with Gasteiger partial charge >= 0.3 is 5.69 Å². The highest BCUT2D eigenvalue weighted by molar-refractivity contribution is 5.74. The van der Waals surface area contributed by atoms with E-state index in [1.54, 1.807) is 12.3 Å². The first-order chi connectivity index (χ1) is 9.52. The van der Waals surface area contributed by atoms with Crippen LogP contribution in [0, 0.1) is 5.92 Å². The Hall–Kier alpha value is -1.95. The summed E-state index contributed by atoms with van der Waals surface area (Å²) < 4.78 is 1.53. The highest BCUT2D eigenvalue weighted by Gasteiger charge is 2.10. The van der Waals surface area contributed by atoms with Gasteiger partial charge in [-0.05, 0) is 24.1 Å². The third-order valence-corrected chi connectivity index (χ3v) is 3.02. The summed E-state index contributed by atoms with van der Waals surface area (Å²) in [5.41, 5.74) is 0.603. The Kier molecular flexibility index (Phi) is 4.34. The average molecular weight is 276 g/mol. The summed E-state index contributed by atoms with van der Waals surface area (Å²) >= 11 is 0. The van der Waals surface area contributed by atoms with Crippen LogP contribution in [0.2, 0.25) is 0 Å². The van der Waals surface area contributed by atoms with Crippen LogP contribution >= 0.6 is 0 Å². The van der Waals surface area contributed by atoms with Crippen LogP contribution in [0.5, 0.6) is 0 Å². The zero-order valence-corrected chi connectivity index (χ0v) is 12.1. The molecule has 6 nitrogen and oxygen atoms in total. The summed E-state index contributed by atoms with van der Waals surface area (Å²) in [5, 5.41) is 3.65. The van der Waals surface area contributed by atoms with Crippen molar-refractivity contribution in [2.75, 3.05) is 6.54 Å². The van der Waals surface area contributed by atoms with Crippen LogP contribution in [0.1, 0.15) is 26.3 Å². The van der Waals surface area contributed by atoms with E-state index in [9.17, 15) is 9.59 Å². The van der Waals surface area contributed by atoms with E-state index in [-0.39, 0.29) is 5.56 Å². The molecule has 2 aromatic heterocycles. The van der Waals surface area contributed by atoms with E-state index in [1.807, 2.05) is 20.8 Å². The predicted molar refractivity (Wildman–Crippen MR) is 78.8 cm³/mol. The second-order valence-corrected chi connectivity index (χ2v) is 5.26. The number of rotatable bonds is 5. The van der Waals surface area contributed by atoms with Crippen molar-refractivity contribution in [1.29, 1.82) is 0 Å². The summed E-state index contributed by atoms with van der Waals surface area (Å²) in [6, 6.07) is 1.79. The Morgan fingerprint density at radius 3 is 2.80 bits per heavy atom. The lowest BCUT2D eigenvalue weighted by Crippen LogP contribution is -2.32. The Morgan fingerprint density at radius 1 is 1.40 bits per heavy atom. The van der Waals surface area contributed by atoms with Gasteiger partial charge in [0, 0.05) is 19.3 Å². The summed E-state index contributed by atoms with van der Waals surface area (Å²) in [6.07, 6.45) is 1.71. The molecule has 0 amide bonds. The molecule has 2 heterocycles. The Bertz CT molecular complexity index is 715. The molecule has 0 spiro atoms. The molecule has 0 bridgehead atoms. The van der Waals surface area contributed by atoms with Crippen LogP contribution in [0.15, 0.2) is 21.9 Å². The number of fused-ring (bicyclic) bond motifs is 1. The summed E-state index contributed by atoms with van der Waals surface area (Å²) in [7, 11) is 0. The van der Waals surface area contributed by atoms with Gasteiger partial charge in [-0.1, -0.05) is 20.8 Å². The quantitative estimate of drug-likeness (QED) is 0.848. The molecule has 0 atom stereocenters. The van der Waals surface area contributed by atoms with Crippen molar-refractivity contribution in [3.63, 3.8) is 0 Å². The SMILES string of the molecule is CCNCc1cnc2c(c1)c(=O)[nH]c(=O)n2CC(C)C. The Morgan fingerprint density at radius 2 is 2.15 bits per heavy atom. The van der Waals surface area contributed by atoms with Crippen LogP contribution in [0.4, 0.5) is 0 Å². The van der Waals surface area contributed by atoms with Crippen LogP contribution < -0.4 is 16.6 Å². The lowest BCUT2D eigenvalue weighted by molar-refractivity contribution is 0.513. The second kappa shape index (κ2) is 6.00. The van der Waals surface area contributed by atoms with Gasteiger partial charge < -0.3 is 5.32 Å². The highest BCUT2D eigenvalue weighted by atomic mass is 16.2. The summed E-state index contributed by atoms with van der Waals surface area (Å²) in [6.45, 7) is 8.09. The number of hydrogen-bond donors (Lipinski definition) is 2. The fraction of sp³-hybridized carbons (Fsp3) is 0.500. The van der Waals surface area contributed by atoms with Crippen molar-refractivity contribution in [2.24, 2.45) is 5.92 Å². The minimum absolute atomic E-state index is 0.296. The standard InChI is InChI=1S/C14H20N4O2/c1-4-15-6-10-5-11-12(16-7-10)18(8-9(2)3)14(20)17-13(11)19/h5,7,9,15H,4,6,8H2,1-3H3,(H,17,19,20). The molecular formula is C14H20N4O2. The predicted octanol–water partition coefficient (Wildman–Crippen LogP) is 0.850. The molecule has 0 aliphatic rings. The summed E-state index contributed by atoms with van der Waals surface area (Å²) in [4.78, 5) is 30.5. The van der Waals surface area contributed by atoms with Crippen molar-refractivity contribution >= 4 is 11.0 Å². The van der Waals surface area contributed by atoms with Crippen LogP contribution in [0.3, 0.4) is 0 Å². The van der Waals surface area contributed by atoms with E-state index >= 15 is 0 Å². The van der Waals surface area contributed by atoms with Gasteiger partial charge in [0.25, 0.3) is 5.56 Å². The zero-order valence-electron chi connectivity index (χ0n) is 12.1. The molecule has 2 rings (SSSR count). The molecule has 20 heavy (non-hydrogen) atoms. The Balaban J connectivity index is 2.59. The smallest absolute Gasteiger partial charge is 0.313 e. The van der Waals surface area contributed by atoms with Crippen molar-refractivity contribution in [2.45, 2.75) is 33.9 Å². The van der Waals surface area contributed by atoms with E-state index < -0.39 is 5.69 Å². The van der Waals surface area contributed by atoms with Gasteiger partial charge in [-0.2, -0.15) is 0 Å². The number of hydrogen-bond acceptors (Lipinski definition) is 4. The van der Waals surface area contributed by atoms with Crippen molar-refractivity contribution in [3.8, 4) is 0 Å². The monoisotopic (exact) mass is 276 g/mol. The minimum atomic E-state index is -0.400. The molecule has 0 saturated carbocycles. The van der Waals surface area contributed by atoms with E-state index in [4.69, 9.17) is 0 Å². The van der Waals surface area contributed by atoms with Crippen LogP contribution in [0.25, 0.3) is 11.0 Å². The second-order valence-electron chi connectivity index (χ2n) is 5.26.